The van der Waals surface area contributed by atoms with Crippen molar-refractivity contribution in [3.63, 3.8) is 0 Å². The maximum absolute atomic E-state index is 12.8. The highest BCUT2D eigenvalue weighted by molar-refractivity contribution is 7.10. The van der Waals surface area contributed by atoms with Crippen molar-refractivity contribution in [1.82, 2.24) is 4.90 Å². The molecule has 0 unspecified atom stereocenters. The second-order valence-corrected chi connectivity index (χ2v) is 8.22. The molecule has 0 radical (unpaired) electrons. The molecule has 0 bridgehead atoms. The molecule has 3 amide bonds. The zero-order valence-corrected chi connectivity index (χ0v) is 16.4. The normalized spacial score (nSPS) is 19.3. The summed E-state index contributed by atoms with van der Waals surface area (Å²) in [7, 11) is 0. The number of rotatable bonds is 5. The fourth-order valence-electron chi connectivity index (χ4n) is 3.90. The fourth-order valence-corrected chi connectivity index (χ4v) is 4.60. The van der Waals surface area contributed by atoms with Crippen LogP contribution in [0.25, 0.3) is 0 Å². The van der Waals surface area contributed by atoms with Gasteiger partial charge < -0.3 is 15.1 Å². The summed E-state index contributed by atoms with van der Waals surface area (Å²) in [5.41, 5.74) is 1.46. The summed E-state index contributed by atoms with van der Waals surface area (Å²) in [4.78, 5) is 41.9. The van der Waals surface area contributed by atoms with Crippen LogP contribution in [0.2, 0.25) is 0 Å². The summed E-state index contributed by atoms with van der Waals surface area (Å²) in [6.07, 6.45) is 3.27. The van der Waals surface area contributed by atoms with E-state index in [2.05, 4.69) is 5.32 Å². The number of hydrogen-bond acceptors (Lipinski definition) is 4. The number of carbonyl (C=O) groups excluding carboxylic acids is 3. The molecule has 28 heavy (non-hydrogen) atoms. The van der Waals surface area contributed by atoms with Crippen LogP contribution in [0.15, 0.2) is 41.8 Å². The van der Waals surface area contributed by atoms with Crippen molar-refractivity contribution in [2.24, 2.45) is 0 Å². The molecule has 2 aliphatic rings. The van der Waals surface area contributed by atoms with Gasteiger partial charge in [-0.3, -0.25) is 14.4 Å². The largest absolute Gasteiger partial charge is 0.330 e. The van der Waals surface area contributed by atoms with Crippen LogP contribution in [-0.2, 0) is 20.8 Å². The summed E-state index contributed by atoms with van der Waals surface area (Å²) < 4.78 is 0. The Bertz CT molecular complexity index is 881. The van der Waals surface area contributed by atoms with E-state index in [0.29, 0.717) is 38.0 Å². The third-order valence-electron chi connectivity index (χ3n) is 5.28. The van der Waals surface area contributed by atoms with Crippen LogP contribution in [0.4, 0.5) is 11.4 Å². The molecule has 0 aliphatic carbocycles. The summed E-state index contributed by atoms with van der Waals surface area (Å²) in [5.74, 6) is -0.0527. The Balaban J connectivity index is 1.42. The van der Waals surface area contributed by atoms with Crippen molar-refractivity contribution in [3.8, 4) is 0 Å². The number of hydrogen-bond donors (Lipinski definition) is 1. The quantitative estimate of drug-likeness (QED) is 0.843. The first-order valence-corrected chi connectivity index (χ1v) is 10.5. The Morgan fingerprint density at radius 2 is 2.04 bits per heavy atom. The van der Waals surface area contributed by atoms with Gasteiger partial charge in [-0.25, -0.2) is 0 Å². The van der Waals surface area contributed by atoms with Gasteiger partial charge in [-0.15, -0.1) is 11.3 Å². The van der Waals surface area contributed by atoms with E-state index in [4.69, 9.17) is 0 Å². The van der Waals surface area contributed by atoms with Crippen LogP contribution in [0.1, 0.15) is 30.6 Å². The van der Waals surface area contributed by atoms with E-state index in [1.54, 1.807) is 21.1 Å². The molecule has 7 heteroatoms. The van der Waals surface area contributed by atoms with Gasteiger partial charge in [0.05, 0.1) is 6.42 Å². The minimum Gasteiger partial charge on any atom is -0.330 e. The van der Waals surface area contributed by atoms with E-state index in [-0.39, 0.29) is 17.7 Å². The Labute approximate surface area is 168 Å². The van der Waals surface area contributed by atoms with Crippen LogP contribution in [0.3, 0.4) is 0 Å². The van der Waals surface area contributed by atoms with Gasteiger partial charge in [0, 0.05) is 35.8 Å². The maximum atomic E-state index is 12.8. The van der Waals surface area contributed by atoms with Gasteiger partial charge >= 0.3 is 0 Å². The molecule has 1 aromatic carbocycles. The van der Waals surface area contributed by atoms with E-state index in [1.807, 2.05) is 41.8 Å². The molecule has 3 heterocycles. The minimum atomic E-state index is -0.440. The highest BCUT2D eigenvalue weighted by Gasteiger charge is 2.34. The molecule has 0 spiro atoms. The lowest BCUT2D eigenvalue weighted by molar-refractivity contribution is -0.136. The predicted molar refractivity (Wildman–Crippen MR) is 109 cm³/mol. The van der Waals surface area contributed by atoms with E-state index < -0.39 is 6.04 Å². The molecule has 2 aliphatic heterocycles. The maximum Gasteiger partial charge on any atom is 0.247 e. The number of benzene rings is 1. The van der Waals surface area contributed by atoms with Crippen molar-refractivity contribution in [2.45, 2.75) is 38.1 Å². The Morgan fingerprint density at radius 3 is 2.79 bits per heavy atom. The smallest absolute Gasteiger partial charge is 0.247 e. The lowest BCUT2D eigenvalue weighted by atomic mass is 10.2. The zero-order chi connectivity index (χ0) is 19.5. The van der Waals surface area contributed by atoms with E-state index in [9.17, 15) is 14.4 Å². The molecule has 1 aromatic heterocycles. The van der Waals surface area contributed by atoms with E-state index >= 15 is 0 Å². The highest BCUT2D eigenvalue weighted by atomic mass is 32.1. The van der Waals surface area contributed by atoms with Gasteiger partial charge in [0.1, 0.15) is 6.04 Å². The number of anilines is 2. The second kappa shape index (κ2) is 8.14. The lowest BCUT2D eigenvalue weighted by Gasteiger charge is -2.24. The van der Waals surface area contributed by atoms with Crippen LogP contribution in [0.5, 0.6) is 0 Å². The Morgan fingerprint density at radius 1 is 1.14 bits per heavy atom. The van der Waals surface area contributed by atoms with Crippen LogP contribution < -0.4 is 10.2 Å². The minimum absolute atomic E-state index is 0.00323. The van der Waals surface area contributed by atoms with Gasteiger partial charge in [-0.05, 0) is 48.9 Å². The van der Waals surface area contributed by atoms with Crippen molar-refractivity contribution in [1.29, 1.82) is 0 Å². The SMILES string of the molecule is O=C(Nc1cccc(N2CCCC2=O)c1)[C@H]1CCCN1C(=O)Cc1cccs1. The Hall–Kier alpha value is -2.67. The molecule has 1 atom stereocenters. The molecule has 2 fully saturated rings. The first-order valence-electron chi connectivity index (χ1n) is 9.65. The number of amides is 3. The van der Waals surface area contributed by atoms with Crippen LogP contribution >= 0.6 is 11.3 Å². The molecule has 2 aromatic rings. The predicted octanol–water partition coefficient (Wildman–Crippen LogP) is 3.05. The summed E-state index contributed by atoms with van der Waals surface area (Å²) in [5, 5.41) is 4.89. The van der Waals surface area contributed by atoms with Crippen molar-refractivity contribution < 1.29 is 14.4 Å². The standard InChI is InChI=1S/C21H23N3O3S/c25-19-9-3-10-23(19)16-6-1-5-15(13-16)22-21(27)18-8-2-11-24(18)20(26)14-17-7-4-12-28-17/h1,4-7,12-13,18H,2-3,8-11,14H2,(H,22,27)/t18-/m1/s1. The van der Waals surface area contributed by atoms with Gasteiger partial charge in [-0.2, -0.15) is 0 Å². The number of thiophene rings is 1. The second-order valence-electron chi connectivity index (χ2n) is 7.19. The van der Waals surface area contributed by atoms with Crippen molar-refractivity contribution in [3.05, 3.63) is 46.7 Å². The molecule has 1 N–H and O–H groups in total. The van der Waals surface area contributed by atoms with Gasteiger partial charge in [0.25, 0.3) is 0 Å². The van der Waals surface area contributed by atoms with Crippen LogP contribution in [-0.4, -0.2) is 41.8 Å². The fraction of sp³-hybridized carbons (Fsp3) is 0.381. The zero-order valence-electron chi connectivity index (χ0n) is 15.6. The van der Waals surface area contributed by atoms with Gasteiger partial charge in [0.15, 0.2) is 0 Å². The average Bonchev–Trinajstić information content (AvgIpc) is 3.43. The van der Waals surface area contributed by atoms with Crippen LogP contribution in [0, 0.1) is 0 Å². The molecule has 146 valence electrons. The summed E-state index contributed by atoms with van der Waals surface area (Å²) in [6, 6.07) is 10.8. The molecule has 0 saturated carbocycles. The highest BCUT2D eigenvalue weighted by Crippen LogP contribution is 2.26. The average molecular weight is 398 g/mol. The number of likely N-dealkylation sites (tertiary alicyclic amines) is 1. The van der Waals surface area contributed by atoms with E-state index in [0.717, 1.165) is 23.4 Å². The third kappa shape index (κ3) is 3.94. The summed E-state index contributed by atoms with van der Waals surface area (Å²) in [6.45, 7) is 1.33. The third-order valence-corrected chi connectivity index (χ3v) is 6.16. The first-order chi connectivity index (χ1) is 13.6. The topological polar surface area (TPSA) is 69.7 Å². The number of carbonyl (C=O) groups is 3. The Kier molecular flexibility index (Phi) is 5.43. The first kappa shape index (κ1) is 18.7. The molecule has 2 saturated heterocycles. The van der Waals surface area contributed by atoms with E-state index in [1.165, 1.54) is 0 Å². The van der Waals surface area contributed by atoms with Gasteiger partial charge in [-0.1, -0.05) is 12.1 Å². The van der Waals surface area contributed by atoms with Gasteiger partial charge in [0.2, 0.25) is 17.7 Å². The molecule has 6 nitrogen and oxygen atoms in total. The molecular weight excluding hydrogens is 374 g/mol. The molecule has 4 rings (SSSR count). The van der Waals surface area contributed by atoms with Crippen molar-refractivity contribution in [2.75, 3.05) is 23.3 Å². The monoisotopic (exact) mass is 397 g/mol. The van der Waals surface area contributed by atoms with Crippen molar-refractivity contribution >= 4 is 40.4 Å². The molecular formula is C21H23N3O3S. The lowest BCUT2D eigenvalue weighted by Crippen LogP contribution is -2.43. The number of nitrogens with one attached hydrogen (secondary N) is 1. The number of nitrogens with zero attached hydrogens (tertiary/aromatic N) is 2. The summed E-state index contributed by atoms with van der Waals surface area (Å²) >= 11 is 1.56.